The highest BCUT2D eigenvalue weighted by molar-refractivity contribution is 6.00. The average molecular weight is 180 g/mol. The first-order valence-electron chi connectivity index (χ1n) is 4.24. The van der Waals surface area contributed by atoms with Gasteiger partial charge in [0.2, 0.25) is 0 Å². The van der Waals surface area contributed by atoms with Crippen molar-refractivity contribution >= 4 is 5.78 Å². The Bertz CT molecular complexity index is 290. The van der Waals surface area contributed by atoms with E-state index in [0.29, 0.717) is 5.56 Å². The normalized spacial score (nSPS) is 11.3. The van der Waals surface area contributed by atoms with Crippen LogP contribution < -0.4 is 0 Å². The molecule has 0 N–H and O–H groups in total. The number of carbonyl (C=O) groups is 1. The maximum absolute atomic E-state index is 12.5. The number of rotatable bonds is 3. The number of Topliss-reactive ketones (excluding diaryl/α,β-unsaturated/α-hetero) is 1. The molecule has 0 unspecified atom stereocenters. The Kier molecular flexibility index (Phi) is 2.81. The molecular formula is C11H13FO. The molecule has 0 aliphatic carbocycles. The summed E-state index contributed by atoms with van der Waals surface area (Å²) >= 11 is 0. The largest absolute Gasteiger partial charge is 0.293 e. The van der Waals surface area contributed by atoms with Crippen LogP contribution in [-0.2, 0) is 0 Å². The van der Waals surface area contributed by atoms with Gasteiger partial charge in [-0.15, -0.1) is 0 Å². The summed E-state index contributed by atoms with van der Waals surface area (Å²) < 4.78 is 12.5. The predicted octanol–water partition coefficient (Wildman–Crippen LogP) is 2.87. The van der Waals surface area contributed by atoms with Gasteiger partial charge in [0, 0.05) is 5.56 Å². The second-order valence-electron chi connectivity index (χ2n) is 3.71. The third-order valence-corrected chi connectivity index (χ3v) is 1.98. The van der Waals surface area contributed by atoms with Gasteiger partial charge in [-0.05, 0) is 0 Å². The number of alkyl halides is 1. The van der Waals surface area contributed by atoms with E-state index in [-0.39, 0.29) is 5.78 Å². The van der Waals surface area contributed by atoms with Gasteiger partial charge in [0.1, 0.15) is 6.67 Å². The van der Waals surface area contributed by atoms with Gasteiger partial charge in [0.15, 0.2) is 5.78 Å². The van der Waals surface area contributed by atoms with Crippen LogP contribution in [0.3, 0.4) is 0 Å². The van der Waals surface area contributed by atoms with E-state index in [1.165, 1.54) is 0 Å². The molecule has 0 spiro atoms. The standard InChI is InChI=1S/C11H13FO/c1-11(2,8-12)10(13)9-6-4-3-5-7-9/h3-7H,8H2,1-2H3. The van der Waals surface area contributed by atoms with Gasteiger partial charge in [-0.2, -0.15) is 0 Å². The lowest BCUT2D eigenvalue weighted by atomic mass is 9.86. The molecule has 13 heavy (non-hydrogen) atoms. The van der Waals surface area contributed by atoms with E-state index in [0.717, 1.165) is 0 Å². The number of hydrogen-bond donors (Lipinski definition) is 0. The number of ketones is 1. The van der Waals surface area contributed by atoms with Crippen molar-refractivity contribution in [3.63, 3.8) is 0 Å². The number of hydrogen-bond acceptors (Lipinski definition) is 1. The molecule has 70 valence electrons. The van der Waals surface area contributed by atoms with Gasteiger partial charge >= 0.3 is 0 Å². The van der Waals surface area contributed by atoms with Crippen LogP contribution in [0.5, 0.6) is 0 Å². The maximum atomic E-state index is 12.5. The van der Waals surface area contributed by atoms with Crippen LogP contribution in [-0.4, -0.2) is 12.5 Å². The van der Waals surface area contributed by atoms with Crippen molar-refractivity contribution in [3.05, 3.63) is 35.9 Å². The Labute approximate surface area is 77.6 Å². The topological polar surface area (TPSA) is 17.1 Å². The summed E-state index contributed by atoms with van der Waals surface area (Å²) in [5.41, 5.74) is -0.327. The second-order valence-corrected chi connectivity index (χ2v) is 3.71. The molecule has 0 amide bonds. The first-order valence-corrected chi connectivity index (χ1v) is 4.24. The predicted molar refractivity (Wildman–Crippen MR) is 50.5 cm³/mol. The third kappa shape index (κ3) is 2.14. The van der Waals surface area contributed by atoms with E-state index < -0.39 is 12.1 Å². The van der Waals surface area contributed by atoms with Crippen molar-refractivity contribution in [1.82, 2.24) is 0 Å². The lowest BCUT2D eigenvalue weighted by molar-refractivity contribution is 0.0801. The van der Waals surface area contributed by atoms with Crippen LogP contribution in [0.2, 0.25) is 0 Å². The SMILES string of the molecule is CC(C)(CF)C(=O)c1ccccc1. The summed E-state index contributed by atoms with van der Waals surface area (Å²) in [7, 11) is 0. The summed E-state index contributed by atoms with van der Waals surface area (Å²) in [6.07, 6.45) is 0. The lowest BCUT2D eigenvalue weighted by Crippen LogP contribution is -2.26. The number of halogens is 1. The fourth-order valence-corrected chi connectivity index (χ4v) is 1.04. The summed E-state index contributed by atoms with van der Waals surface area (Å²) in [5.74, 6) is -0.143. The molecule has 1 rings (SSSR count). The van der Waals surface area contributed by atoms with Gasteiger partial charge in [-0.1, -0.05) is 44.2 Å². The van der Waals surface area contributed by atoms with E-state index >= 15 is 0 Å². The zero-order chi connectivity index (χ0) is 9.90. The van der Waals surface area contributed by atoms with Crippen LogP contribution in [0.15, 0.2) is 30.3 Å². The highest BCUT2D eigenvalue weighted by atomic mass is 19.1. The minimum atomic E-state index is -0.901. The Hall–Kier alpha value is -1.18. The summed E-state index contributed by atoms with van der Waals surface area (Å²) in [6.45, 7) is 2.60. The second kappa shape index (κ2) is 3.69. The number of carbonyl (C=O) groups excluding carboxylic acids is 1. The van der Waals surface area contributed by atoms with Gasteiger partial charge in [0.05, 0.1) is 5.41 Å². The molecule has 0 heterocycles. The Balaban J connectivity index is 2.93. The van der Waals surface area contributed by atoms with E-state index in [4.69, 9.17) is 0 Å². The zero-order valence-corrected chi connectivity index (χ0v) is 7.88. The van der Waals surface area contributed by atoms with E-state index in [1.807, 2.05) is 6.07 Å². The monoisotopic (exact) mass is 180 g/mol. The minimum Gasteiger partial charge on any atom is -0.293 e. The summed E-state index contributed by atoms with van der Waals surface area (Å²) in [6, 6.07) is 8.81. The summed E-state index contributed by atoms with van der Waals surface area (Å²) in [4.78, 5) is 11.7. The Morgan fingerprint density at radius 3 is 2.31 bits per heavy atom. The molecule has 0 saturated heterocycles. The maximum Gasteiger partial charge on any atom is 0.171 e. The number of benzene rings is 1. The van der Waals surface area contributed by atoms with Crippen LogP contribution in [0.4, 0.5) is 4.39 Å². The van der Waals surface area contributed by atoms with Crippen molar-refractivity contribution in [2.45, 2.75) is 13.8 Å². The zero-order valence-electron chi connectivity index (χ0n) is 7.88. The van der Waals surface area contributed by atoms with Crippen molar-refractivity contribution < 1.29 is 9.18 Å². The third-order valence-electron chi connectivity index (χ3n) is 1.98. The molecule has 0 radical (unpaired) electrons. The molecule has 0 aromatic heterocycles. The van der Waals surface area contributed by atoms with Crippen molar-refractivity contribution in [3.8, 4) is 0 Å². The fourth-order valence-electron chi connectivity index (χ4n) is 1.04. The van der Waals surface area contributed by atoms with E-state index in [1.54, 1.807) is 38.1 Å². The van der Waals surface area contributed by atoms with Crippen LogP contribution in [0.1, 0.15) is 24.2 Å². The van der Waals surface area contributed by atoms with Crippen molar-refractivity contribution in [2.24, 2.45) is 5.41 Å². The molecule has 0 saturated carbocycles. The molecular weight excluding hydrogens is 167 g/mol. The molecule has 0 aliphatic rings. The Morgan fingerprint density at radius 1 is 1.31 bits per heavy atom. The van der Waals surface area contributed by atoms with E-state index in [9.17, 15) is 9.18 Å². The molecule has 0 atom stereocenters. The highest BCUT2D eigenvalue weighted by Gasteiger charge is 2.28. The molecule has 0 fully saturated rings. The highest BCUT2D eigenvalue weighted by Crippen LogP contribution is 2.21. The van der Waals surface area contributed by atoms with Gasteiger partial charge in [0.25, 0.3) is 0 Å². The Morgan fingerprint density at radius 2 is 1.85 bits per heavy atom. The fraction of sp³-hybridized carbons (Fsp3) is 0.364. The molecule has 1 aromatic rings. The van der Waals surface area contributed by atoms with E-state index in [2.05, 4.69) is 0 Å². The molecule has 0 bridgehead atoms. The molecule has 0 aliphatic heterocycles. The quantitative estimate of drug-likeness (QED) is 0.654. The van der Waals surface area contributed by atoms with Crippen LogP contribution in [0.25, 0.3) is 0 Å². The minimum absolute atomic E-state index is 0.143. The average Bonchev–Trinajstić information content (AvgIpc) is 2.18. The lowest BCUT2D eigenvalue weighted by Gasteiger charge is -2.18. The van der Waals surface area contributed by atoms with Crippen LogP contribution in [0, 0.1) is 5.41 Å². The van der Waals surface area contributed by atoms with Gasteiger partial charge < -0.3 is 0 Å². The van der Waals surface area contributed by atoms with Crippen molar-refractivity contribution in [1.29, 1.82) is 0 Å². The molecule has 1 nitrogen and oxygen atoms in total. The van der Waals surface area contributed by atoms with Gasteiger partial charge in [-0.3, -0.25) is 9.18 Å². The molecule has 2 heteroatoms. The molecule has 1 aromatic carbocycles. The van der Waals surface area contributed by atoms with Gasteiger partial charge in [-0.25, -0.2) is 0 Å². The first kappa shape index (κ1) is 9.90. The first-order chi connectivity index (χ1) is 6.08. The van der Waals surface area contributed by atoms with Crippen molar-refractivity contribution in [2.75, 3.05) is 6.67 Å². The smallest absolute Gasteiger partial charge is 0.171 e. The van der Waals surface area contributed by atoms with Crippen LogP contribution >= 0.6 is 0 Å². The summed E-state index contributed by atoms with van der Waals surface area (Å²) in [5, 5.41) is 0.